The topological polar surface area (TPSA) is 93.8 Å². The van der Waals surface area contributed by atoms with Crippen LogP contribution >= 0.6 is 0 Å². The smallest absolute Gasteiger partial charge is 0.332 e. The number of amides is 2. The lowest BCUT2D eigenvalue weighted by Crippen LogP contribution is -2.25. The van der Waals surface area contributed by atoms with Crippen LogP contribution in [-0.4, -0.2) is 23.8 Å². The summed E-state index contributed by atoms with van der Waals surface area (Å²) in [6.07, 6.45) is 2.11. The maximum atomic E-state index is 11.3. The number of primary amides is 1. The first-order valence-electron chi connectivity index (χ1n) is 5.28. The predicted octanol–water partition coefficient (Wildman–Crippen LogP) is 0.762. The van der Waals surface area contributed by atoms with E-state index in [-0.39, 0.29) is 18.0 Å². The van der Waals surface area contributed by atoms with Crippen molar-refractivity contribution >= 4 is 17.7 Å². The number of hydrogen-bond acceptors (Lipinski definition) is 4. The molecule has 1 aliphatic rings. The number of ether oxygens (including phenoxy) is 1. The summed E-state index contributed by atoms with van der Waals surface area (Å²) in [5.41, 5.74) is 7.76. The molecule has 90 valence electrons. The van der Waals surface area contributed by atoms with Crippen molar-refractivity contribution in [2.45, 2.75) is 39.2 Å². The minimum absolute atomic E-state index is 0.0125. The Morgan fingerprint density at radius 3 is 2.88 bits per heavy atom. The number of nitrogens with two attached hydrogens (primary N) is 1. The Kier molecular flexibility index (Phi) is 4.28. The Balaban J connectivity index is 2.31. The lowest BCUT2D eigenvalue weighted by Gasteiger charge is -2.04. The van der Waals surface area contributed by atoms with E-state index in [0.29, 0.717) is 12.8 Å². The maximum absolute atomic E-state index is 11.3. The zero-order valence-corrected chi connectivity index (χ0v) is 9.53. The molecule has 1 rings (SSSR count). The van der Waals surface area contributed by atoms with Gasteiger partial charge in [-0.05, 0) is 33.1 Å². The first kappa shape index (κ1) is 12.5. The molecule has 6 heteroatoms. The van der Waals surface area contributed by atoms with Crippen molar-refractivity contribution in [2.24, 2.45) is 16.8 Å². The third-order valence-corrected chi connectivity index (χ3v) is 2.48. The van der Waals surface area contributed by atoms with Gasteiger partial charge in [0, 0.05) is 5.71 Å². The number of rotatable bonds is 4. The van der Waals surface area contributed by atoms with Gasteiger partial charge in [0.2, 0.25) is 0 Å². The molecule has 1 heterocycles. The van der Waals surface area contributed by atoms with Gasteiger partial charge >= 0.3 is 12.0 Å². The van der Waals surface area contributed by atoms with E-state index in [4.69, 9.17) is 10.5 Å². The van der Waals surface area contributed by atoms with Gasteiger partial charge in [-0.25, -0.2) is 10.2 Å². The molecule has 0 aromatic carbocycles. The molecule has 16 heavy (non-hydrogen) atoms. The lowest BCUT2D eigenvalue weighted by molar-refractivity contribution is -0.143. The van der Waals surface area contributed by atoms with E-state index < -0.39 is 6.03 Å². The SMILES string of the molecule is CC(CCC1CC(C)OC1=O)=NNC(N)=O. The number of nitrogens with one attached hydrogen (secondary N) is 1. The van der Waals surface area contributed by atoms with E-state index in [9.17, 15) is 9.59 Å². The Morgan fingerprint density at radius 2 is 2.38 bits per heavy atom. The standard InChI is InChI=1S/C10H17N3O3/c1-6(12-13-10(11)15)3-4-8-5-7(2)16-9(8)14/h7-8H,3-5H2,1-2H3,(H3,11,13,15). The van der Waals surface area contributed by atoms with Crippen molar-refractivity contribution in [3.63, 3.8) is 0 Å². The highest BCUT2D eigenvalue weighted by molar-refractivity contribution is 5.84. The number of urea groups is 1. The summed E-state index contributed by atoms with van der Waals surface area (Å²) in [4.78, 5) is 21.7. The molecule has 0 aliphatic carbocycles. The molecule has 0 radical (unpaired) electrons. The Bertz CT molecular complexity index is 314. The van der Waals surface area contributed by atoms with Gasteiger partial charge in [0.1, 0.15) is 0 Å². The van der Waals surface area contributed by atoms with Crippen LogP contribution in [0, 0.1) is 5.92 Å². The first-order valence-corrected chi connectivity index (χ1v) is 5.28. The minimum Gasteiger partial charge on any atom is -0.462 e. The van der Waals surface area contributed by atoms with E-state index >= 15 is 0 Å². The normalized spacial score (nSPS) is 25.4. The fraction of sp³-hybridized carbons (Fsp3) is 0.700. The van der Waals surface area contributed by atoms with Crippen LogP contribution in [0.4, 0.5) is 4.79 Å². The number of nitrogens with zero attached hydrogens (tertiary/aromatic N) is 1. The minimum atomic E-state index is -0.687. The van der Waals surface area contributed by atoms with Crippen molar-refractivity contribution in [3.8, 4) is 0 Å². The van der Waals surface area contributed by atoms with Gasteiger partial charge in [-0.1, -0.05) is 0 Å². The van der Waals surface area contributed by atoms with Crippen molar-refractivity contribution in [2.75, 3.05) is 0 Å². The quantitative estimate of drug-likeness (QED) is 0.422. The first-order chi connectivity index (χ1) is 7.49. The number of hydrazone groups is 1. The summed E-state index contributed by atoms with van der Waals surface area (Å²) < 4.78 is 5.04. The summed E-state index contributed by atoms with van der Waals surface area (Å²) in [5, 5.41) is 3.77. The van der Waals surface area contributed by atoms with Crippen LogP contribution < -0.4 is 11.2 Å². The number of cyclic esters (lactones) is 1. The highest BCUT2D eigenvalue weighted by Gasteiger charge is 2.31. The summed E-state index contributed by atoms with van der Waals surface area (Å²) in [6.45, 7) is 3.66. The number of carbonyl (C=O) groups excluding carboxylic acids is 2. The van der Waals surface area contributed by atoms with Gasteiger partial charge in [0.25, 0.3) is 0 Å². The molecule has 0 bridgehead atoms. The molecule has 0 aromatic heterocycles. The molecular weight excluding hydrogens is 210 g/mol. The van der Waals surface area contributed by atoms with E-state index in [1.165, 1.54) is 0 Å². The molecule has 1 saturated heterocycles. The molecule has 6 nitrogen and oxygen atoms in total. The van der Waals surface area contributed by atoms with Gasteiger partial charge in [0.15, 0.2) is 0 Å². The average Bonchev–Trinajstić information content (AvgIpc) is 2.51. The maximum Gasteiger partial charge on any atom is 0.332 e. The van der Waals surface area contributed by atoms with E-state index in [0.717, 1.165) is 12.1 Å². The summed E-state index contributed by atoms with van der Waals surface area (Å²) in [6, 6.07) is -0.687. The van der Waals surface area contributed by atoms with E-state index in [2.05, 4.69) is 10.5 Å². The third kappa shape index (κ3) is 3.88. The average molecular weight is 227 g/mol. The largest absolute Gasteiger partial charge is 0.462 e. The van der Waals surface area contributed by atoms with Crippen LogP contribution in [0.5, 0.6) is 0 Å². The van der Waals surface area contributed by atoms with Crippen LogP contribution in [0.15, 0.2) is 5.10 Å². The van der Waals surface area contributed by atoms with Crippen LogP contribution in [0.2, 0.25) is 0 Å². The molecule has 2 unspecified atom stereocenters. The monoisotopic (exact) mass is 227 g/mol. The molecule has 3 N–H and O–H groups in total. The van der Waals surface area contributed by atoms with Crippen molar-refractivity contribution in [3.05, 3.63) is 0 Å². The fourth-order valence-corrected chi connectivity index (χ4v) is 1.66. The fourth-order valence-electron chi connectivity index (χ4n) is 1.66. The second-order valence-corrected chi connectivity index (χ2v) is 4.04. The van der Waals surface area contributed by atoms with Gasteiger partial charge in [-0.3, -0.25) is 4.79 Å². The molecule has 0 spiro atoms. The van der Waals surface area contributed by atoms with Crippen LogP contribution in [0.3, 0.4) is 0 Å². The van der Waals surface area contributed by atoms with Crippen LogP contribution in [-0.2, 0) is 9.53 Å². The summed E-state index contributed by atoms with van der Waals surface area (Å²) in [5.74, 6) is -0.183. The second kappa shape index (κ2) is 5.48. The molecule has 0 saturated carbocycles. The second-order valence-electron chi connectivity index (χ2n) is 4.04. The third-order valence-electron chi connectivity index (χ3n) is 2.48. The van der Waals surface area contributed by atoms with E-state index in [1.807, 2.05) is 6.92 Å². The molecule has 0 aromatic rings. The molecule has 2 atom stereocenters. The summed E-state index contributed by atoms with van der Waals surface area (Å²) >= 11 is 0. The molecule has 2 amide bonds. The molecular formula is C10H17N3O3. The summed E-state index contributed by atoms with van der Waals surface area (Å²) in [7, 11) is 0. The Morgan fingerprint density at radius 1 is 1.69 bits per heavy atom. The molecule has 1 aliphatic heterocycles. The lowest BCUT2D eigenvalue weighted by atomic mass is 9.98. The van der Waals surface area contributed by atoms with Gasteiger partial charge in [0.05, 0.1) is 12.0 Å². The number of hydrogen-bond donors (Lipinski definition) is 2. The highest BCUT2D eigenvalue weighted by atomic mass is 16.5. The zero-order chi connectivity index (χ0) is 12.1. The van der Waals surface area contributed by atoms with Crippen molar-refractivity contribution in [1.29, 1.82) is 0 Å². The number of esters is 1. The van der Waals surface area contributed by atoms with Gasteiger partial charge in [-0.15, -0.1) is 0 Å². The highest BCUT2D eigenvalue weighted by Crippen LogP contribution is 2.24. The Hall–Kier alpha value is -1.59. The van der Waals surface area contributed by atoms with Gasteiger partial charge < -0.3 is 10.5 Å². The van der Waals surface area contributed by atoms with Crippen LogP contribution in [0.1, 0.15) is 33.1 Å². The van der Waals surface area contributed by atoms with Crippen LogP contribution in [0.25, 0.3) is 0 Å². The Labute approximate surface area is 94.2 Å². The van der Waals surface area contributed by atoms with Crippen molar-refractivity contribution < 1.29 is 14.3 Å². The number of carbonyl (C=O) groups is 2. The predicted molar refractivity (Wildman–Crippen MR) is 58.7 cm³/mol. The zero-order valence-electron chi connectivity index (χ0n) is 9.53. The van der Waals surface area contributed by atoms with Gasteiger partial charge in [-0.2, -0.15) is 5.10 Å². The van der Waals surface area contributed by atoms with E-state index in [1.54, 1.807) is 6.92 Å². The van der Waals surface area contributed by atoms with Crippen molar-refractivity contribution in [1.82, 2.24) is 5.43 Å². The molecule has 1 fully saturated rings.